The number of aromatic nitrogens is 1. The smallest absolute Gasteiger partial charge is 0.0779 e. The summed E-state index contributed by atoms with van der Waals surface area (Å²) in [5, 5.41) is 3.32. The zero-order valence-corrected chi connectivity index (χ0v) is 13.2. The van der Waals surface area contributed by atoms with Gasteiger partial charge in [0.15, 0.2) is 0 Å². The van der Waals surface area contributed by atoms with Crippen LogP contribution in [0.5, 0.6) is 0 Å². The SMILES string of the molecule is CCC(NC)c1ccc(N2CCOC3CCCCC32)cn1. The van der Waals surface area contributed by atoms with E-state index in [0.717, 1.165) is 25.3 Å². The van der Waals surface area contributed by atoms with Gasteiger partial charge in [0.1, 0.15) is 0 Å². The highest BCUT2D eigenvalue weighted by Gasteiger charge is 2.34. The number of hydrogen-bond acceptors (Lipinski definition) is 4. The van der Waals surface area contributed by atoms with Crippen LogP contribution in [0, 0.1) is 0 Å². The number of morpholine rings is 1. The Labute approximate surface area is 127 Å². The highest BCUT2D eigenvalue weighted by atomic mass is 16.5. The Morgan fingerprint density at radius 2 is 2.24 bits per heavy atom. The molecule has 3 rings (SSSR count). The van der Waals surface area contributed by atoms with Gasteiger partial charge in [-0.1, -0.05) is 19.8 Å². The lowest BCUT2D eigenvalue weighted by molar-refractivity contribution is -0.00870. The first-order valence-electron chi connectivity index (χ1n) is 8.35. The fourth-order valence-electron chi connectivity index (χ4n) is 3.75. The molecule has 1 aliphatic heterocycles. The Hall–Kier alpha value is -1.13. The molecule has 116 valence electrons. The predicted octanol–water partition coefficient (Wildman–Crippen LogP) is 2.90. The summed E-state index contributed by atoms with van der Waals surface area (Å²) in [6, 6.07) is 5.31. The molecule has 21 heavy (non-hydrogen) atoms. The van der Waals surface area contributed by atoms with Crippen LogP contribution in [0.3, 0.4) is 0 Å². The van der Waals surface area contributed by atoms with E-state index in [4.69, 9.17) is 4.74 Å². The molecular weight excluding hydrogens is 262 g/mol. The highest BCUT2D eigenvalue weighted by Crippen LogP contribution is 2.32. The molecule has 2 aliphatic rings. The molecule has 4 nitrogen and oxygen atoms in total. The minimum atomic E-state index is 0.353. The minimum absolute atomic E-state index is 0.353. The molecule has 1 aromatic rings. The third-order valence-corrected chi connectivity index (χ3v) is 4.95. The Morgan fingerprint density at radius 1 is 1.38 bits per heavy atom. The van der Waals surface area contributed by atoms with Crippen LogP contribution in [-0.4, -0.2) is 37.3 Å². The molecule has 0 radical (unpaired) electrons. The first-order valence-corrected chi connectivity index (χ1v) is 8.35. The molecule has 1 aliphatic carbocycles. The molecule has 0 aromatic carbocycles. The van der Waals surface area contributed by atoms with Crippen molar-refractivity contribution in [1.29, 1.82) is 0 Å². The van der Waals surface area contributed by atoms with Gasteiger partial charge in [-0.25, -0.2) is 0 Å². The molecule has 2 heterocycles. The summed E-state index contributed by atoms with van der Waals surface area (Å²) in [6.45, 7) is 4.02. The number of nitrogens with one attached hydrogen (secondary N) is 1. The normalized spacial score (nSPS) is 27.2. The van der Waals surface area contributed by atoms with Crippen LogP contribution in [-0.2, 0) is 4.74 Å². The lowest BCUT2D eigenvalue weighted by atomic mass is 9.90. The zero-order valence-electron chi connectivity index (χ0n) is 13.2. The van der Waals surface area contributed by atoms with Gasteiger partial charge < -0.3 is 15.0 Å². The van der Waals surface area contributed by atoms with Gasteiger partial charge in [-0.15, -0.1) is 0 Å². The van der Waals surface area contributed by atoms with Gasteiger partial charge >= 0.3 is 0 Å². The number of anilines is 1. The lowest BCUT2D eigenvalue weighted by Crippen LogP contribution is -2.52. The Bertz CT molecular complexity index is 442. The summed E-state index contributed by atoms with van der Waals surface area (Å²) in [6.07, 6.45) is 8.63. The monoisotopic (exact) mass is 289 g/mol. The molecule has 0 amide bonds. The molecule has 1 saturated heterocycles. The molecular formula is C17H27N3O. The van der Waals surface area contributed by atoms with Crippen molar-refractivity contribution < 1.29 is 4.74 Å². The molecule has 0 bridgehead atoms. The molecule has 2 fully saturated rings. The van der Waals surface area contributed by atoms with Gasteiger partial charge in [-0.3, -0.25) is 4.98 Å². The summed E-state index contributed by atoms with van der Waals surface area (Å²) >= 11 is 0. The maximum Gasteiger partial charge on any atom is 0.0779 e. The van der Waals surface area contributed by atoms with Crippen molar-refractivity contribution >= 4 is 5.69 Å². The molecule has 3 unspecified atom stereocenters. The Balaban J connectivity index is 1.76. The van der Waals surface area contributed by atoms with Crippen LogP contribution in [0.25, 0.3) is 0 Å². The second kappa shape index (κ2) is 6.75. The van der Waals surface area contributed by atoms with Gasteiger partial charge in [0, 0.05) is 12.6 Å². The van der Waals surface area contributed by atoms with Crippen LogP contribution < -0.4 is 10.2 Å². The lowest BCUT2D eigenvalue weighted by Gasteiger charge is -2.45. The predicted molar refractivity (Wildman–Crippen MR) is 85.7 cm³/mol. The van der Waals surface area contributed by atoms with E-state index in [1.54, 1.807) is 0 Å². The maximum atomic E-state index is 5.96. The summed E-state index contributed by atoms with van der Waals surface area (Å²) in [5.41, 5.74) is 2.39. The first kappa shape index (κ1) is 14.8. The molecule has 1 saturated carbocycles. The topological polar surface area (TPSA) is 37.4 Å². The summed E-state index contributed by atoms with van der Waals surface area (Å²) in [4.78, 5) is 7.21. The third-order valence-electron chi connectivity index (χ3n) is 4.95. The maximum absolute atomic E-state index is 5.96. The van der Waals surface area contributed by atoms with E-state index in [9.17, 15) is 0 Å². The summed E-state index contributed by atoms with van der Waals surface area (Å²) < 4.78 is 5.96. The van der Waals surface area contributed by atoms with E-state index in [2.05, 4.69) is 34.3 Å². The largest absolute Gasteiger partial charge is 0.374 e. The molecule has 1 aromatic heterocycles. The molecule has 3 atom stereocenters. The van der Waals surface area contributed by atoms with E-state index in [0.29, 0.717) is 18.2 Å². The number of rotatable bonds is 4. The average molecular weight is 289 g/mol. The molecule has 4 heteroatoms. The number of hydrogen-bond donors (Lipinski definition) is 1. The van der Waals surface area contributed by atoms with Crippen LogP contribution in [0.1, 0.15) is 50.8 Å². The van der Waals surface area contributed by atoms with E-state index in [1.807, 2.05) is 13.2 Å². The highest BCUT2D eigenvalue weighted by molar-refractivity contribution is 5.47. The minimum Gasteiger partial charge on any atom is -0.374 e. The average Bonchev–Trinajstić information content (AvgIpc) is 2.56. The zero-order chi connectivity index (χ0) is 14.7. The molecule has 1 N–H and O–H groups in total. The second-order valence-electron chi connectivity index (χ2n) is 6.15. The van der Waals surface area contributed by atoms with Crippen molar-refractivity contribution in [2.24, 2.45) is 0 Å². The van der Waals surface area contributed by atoms with Crippen molar-refractivity contribution in [2.75, 3.05) is 25.1 Å². The van der Waals surface area contributed by atoms with E-state index in [1.165, 1.54) is 31.4 Å². The third kappa shape index (κ3) is 3.06. The van der Waals surface area contributed by atoms with E-state index < -0.39 is 0 Å². The van der Waals surface area contributed by atoms with Crippen LogP contribution >= 0.6 is 0 Å². The first-order chi connectivity index (χ1) is 10.3. The number of ether oxygens (including phenoxy) is 1. The van der Waals surface area contributed by atoms with Crippen molar-refractivity contribution in [2.45, 2.75) is 57.2 Å². The number of pyridine rings is 1. The van der Waals surface area contributed by atoms with Gasteiger partial charge in [0.25, 0.3) is 0 Å². The van der Waals surface area contributed by atoms with Crippen molar-refractivity contribution in [3.63, 3.8) is 0 Å². The van der Waals surface area contributed by atoms with Crippen molar-refractivity contribution in [3.05, 3.63) is 24.0 Å². The van der Waals surface area contributed by atoms with Crippen molar-refractivity contribution in [3.8, 4) is 0 Å². The standard InChI is InChI=1S/C17H27N3O/c1-3-14(18-2)15-9-8-13(12-19-15)20-10-11-21-17-7-5-4-6-16(17)20/h8-9,12,14,16-18H,3-7,10-11H2,1-2H3. The second-order valence-corrected chi connectivity index (χ2v) is 6.15. The van der Waals surface area contributed by atoms with E-state index in [-0.39, 0.29) is 0 Å². The van der Waals surface area contributed by atoms with Crippen molar-refractivity contribution in [1.82, 2.24) is 10.3 Å². The van der Waals surface area contributed by atoms with Gasteiger partial charge in [0.2, 0.25) is 0 Å². The fraction of sp³-hybridized carbons (Fsp3) is 0.706. The Kier molecular flexibility index (Phi) is 4.76. The van der Waals surface area contributed by atoms with Crippen LogP contribution in [0.15, 0.2) is 18.3 Å². The fourth-order valence-corrected chi connectivity index (χ4v) is 3.75. The van der Waals surface area contributed by atoms with Crippen LogP contribution in [0.2, 0.25) is 0 Å². The summed E-state index contributed by atoms with van der Waals surface area (Å²) in [7, 11) is 2.00. The van der Waals surface area contributed by atoms with Gasteiger partial charge in [-0.05, 0) is 38.4 Å². The van der Waals surface area contributed by atoms with Gasteiger partial charge in [0.05, 0.1) is 36.3 Å². The molecule has 0 spiro atoms. The van der Waals surface area contributed by atoms with Crippen LogP contribution in [0.4, 0.5) is 5.69 Å². The summed E-state index contributed by atoms with van der Waals surface area (Å²) in [5.74, 6) is 0. The Morgan fingerprint density at radius 3 is 2.95 bits per heavy atom. The number of fused-ring (bicyclic) bond motifs is 1. The quantitative estimate of drug-likeness (QED) is 0.925. The van der Waals surface area contributed by atoms with E-state index >= 15 is 0 Å². The van der Waals surface area contributed by atoms with Gasteiger partial charge in [-0.2, -0.15) is 0 Å². The number of nitrogens with zero attached hydrogens (tertiary/aromatic N) is 2.